The zero-order valence-electron chi connectivity index (χ0n) is 10.1. The van der Waals surface area contributed by atoms with Gasteiger partial charge in [-0.15, -0.1) is 11.3 Å². The minimum absolute atomic E-state index is 0.0701. The minimum Gasteiger partial charge on any atom is -0.507 e. The first-order valence-electron chi connectivity index (χ1n) is 5.48. The highest BCUT2D eigenvalue weighted by Crippen LogP contribution is 2.28. The topological polar surface area (TPSA) is 60.8 Å². The standard InChI is InChI=1S/C13H12BrNO3S/c1-15(6-8-5-11(14)19-7-8)13(18)12-9(16)3-2-4-10(12)17/h2-5,7,16-17H,6H2,1H3. The Morgan fingerprint density at radius 1 is 1.37 bits per heavy atom. The Balaban J connectivity index is 2.19. The molecule has 0 radical (unpaired) electrons. The predicted molar refractivity (Wildman–Crippen MR) is 77.6 cm³/mol. The molecule has 1 aromatic heterocycles. The molecule has 0 bridgehead atoms. The van der Waals surface area contributed by atoms with Crippen LogP contribution in [-0.4, -0.2) is 28.1 Å². The number of thiophene rings is 1. The fourth-order valence-electron chi connectivity index (χ4n) is 1.71. The van der Waals surface area contributed by atoms with Gasteiger partial charge in [-0.1, -0.05) is 6.07 Å². The Kier molecular flexibility index (Phi) is 4.11. The van der Waals surface area contributed by atoms with E-state index in [1.54, 1.807) is 18.4 Å². The van der Waals surface area contributed by atoms with Crippen molar-refractivity contribution in [3.63, 3.8) is 0 Å². The van der Waals surface area contributed by atoms with E-state index >= 15 is 0 Å². The number of phenolic OH excluding ortho intramolecular Hbond substituents is 2. The fraction of sp³-hybridized carbons (Fsp3) is 0.154. The van der Waals surface area contributed by atoms with Crippen LogP contribution < -0.4 is 0 Å². The van der Waals surface area contributed by atoms with Crippen molar-refractivity contribution in [2.24, 2.45) is 0 Å². The van der Waals surface area contributed by atoms with Gasteiger partial charge >= 0.3 is 0 Å². The van der Waals surface area contributed by atoms with Gasteiger partial charge < -0.3 is 15.1 Å². The molecule has 0 saturated heterocycles. The van der Waals surface area contributed by atoms with Crippen molar-refractivity contribution in [3.05, 3.63) is 44.6 Å². The van der Waals surface area contributed by atoms with Gasteiger partial charge in [0.1, 0.15) is 17.1 Å². The minimum atomic E-state index is -0.419. The van der Waals surface area contributed by atoms with E-state index in [0.717, 1.165) is 9.35 Å². The van der Waals surface area contributed by atoms with Crippen LogP contribution in [0.1, 0.15) is 15.9 Å². The summed E-state index contributed by atoms with van der Waals surface area (Å²) in [6, 6.07) is 6.17. The number of rotatable bonds is 3. The Morgan fingerprint density at radius 2 is 2.00 bits per heavy atom. The van der Waals surface area contributed by atoms with Crippen molar-refractivity contribution < 1.29 is 15.0 Å². The highest BCUT2D eigenvalue weighted by molar-refractivity contribution is 9.11. The van der Waals surface area contributed by atoms with Crippen LogP contribution >= 0.6 is 27.3 Å². The number of carbonyl (C=O) groups is 1. The van der Waals surface area contributed by atoms with Crippen molar-refractivity contribution in [2.75, 3.05) is 7.05 Å². The molecule has 1 heterocycles. The summed E-state index contributed by atoms with van der Waals surface area (Å²) in [7, 11) is 1.62. The van der Waals surface area contributed by atoms with Gasteiger partial charge in [0.05, 0.1) is 3.79 Å². The van der Waals surface area contributed by atoms with Crippen molar-refractivity contribution in [3.8, 4) is 11.5 Å². The van der Waals surface area contributed by atoms with Gasteiger partial charge in [0.25, 0.3) is 5.91 Å². The molecule has 2 rings (SSSR count). The van der Waals surface area contributed by atoms with Crippen LogP contribution in [0.3, 0.4) is 0 Å². The molecule has 0 atom stereocenters. The van der Waals surface area contributed by atoms with E-state index in [1.807, 2.05) is 11.4 Å². The largest absolute Gasteiger partial charge is 0.507 e. The Bertz CT molecular complexity index is 591. The molecule has 0 spiro atoms. The monoisotopic (exact) mass is 341 g/mol. The second-order valence-corrected chi connectivity index (χ2v) is 6.38. The van der Waals surface area contributed by atoms with Gasteiger partial charge in [-0.3, -0.25) is 4.79 Å². The average molecular weight is 342 g/mol. The van der Waals surface area contributed by atoms with Crippen molar-refractivity contribution in [1.29, 1.82) is 0 Å². The van der Waals surface area contributed by atoms with Crippen LogP contribution in [0.15, 0.2) is 33.4 Å². The summed E-state index contributed by atoms with van der Waals surface area (Å²) in [6.07, 6.45) is 0. The molecule has 2 aromatic rings. The number of carbonyl (C=O) groups excluding carboxylic acids is 1. The molecule has 6 heteroatoms. The third-order valence-corrected chi connectivity index (χ3v) is 4.18. The Labute approximate surface area is 123 Å². The maximum absolute atomic E-state index is 12.2. The summed E-state index contributed by atoms with van der Waals surface area (Å²) in [5.41, 5.74) is 0.918. The molecule has 0 unspecified atom stereocenters. The first kappa shape index (κ1) is 13.9. The lowest BCUT2D eigenvalue weighted by Gasteiger charge is -2.17. The van der Waals surface area contributed by atoms with Gasteiger partial charge in [0.15, 0.2) is 0 Å². The third-order valence-electron chi connectivity index (χ3n) is 2.62. The highest BCUT2D eigenvalue weighted by atomic mass is 79.9. The zero-order chi connectivity index (χ0) is 14.0. The van der Waals surface area contributed by atoms with Crippen LogP contribution in [-0.2, 0) is 6.54 Å². The maximum atomic E-state index is 12.2. The molecule has 0 aliphatic carbocycles. The first-order chi connectivity index (χ1) is 8.99. The number of hydrogen-bond acceptors (Lipinski definition) is 4. The van der Waals surface area contributed by atoms with Crippen molar-refractivity contribution in [1.82, 2.24) is 4.90 Å². The lowest BCUT2D eigenvalue weighted by atomic mass is 10.1. The van der Waals surface area contributed by atoms with E-state index in [4.69, 9.17) is 0 Å². The third kappa shape index (κ3) is 3.08. The molecule has 1 aromatic carbocycles. The number of hydrogen-bond donors (Lipinski definition) is 2. The smallest absolute Gasteiger partial charge is 0.261 e. The molecule has 4 nitrogen and oxygen atoms in total. The van der Waals surface area contributed by atoms with Crippen molar-refractivity contribution >= 4 is 33.2 Å². The van der Waals surface area contributed by atoms with Gasteiger partial charge in [0.2, 0.25) is 0 Å². The molecule has 0 fully saturated rings. The van der Waals surface area contributed by atoms with E-state index in [-0.39, 0.29) is 17.1 Å². The number of amides is 1. The van der Waals surface area contributed by atoms with Crippen LogP contribution in [0, 0.1) is 0 Å². The van der Waals surface area contributed by atoms with E-state index < -0.39 is 5.91 Å². The number of benzene rings is 1. The molecule has 100 valence electrons. The van der Waals surface area contributed by atoms with Gasteiger partial charge in [-0.25, -0.2) is 0 Å². The predicted octanol–water partition coefficient (Wildman–Crippen LogP) is 3.19. The van der Waals surface area contributed by atoms with Crippen LogP contribution in [0.4, 0.5) is 0 Å². The Hall–Kier alpha value is -1.53. The number of phenols is 2. The number of halogens is 1. The number of aromatic hydroxyl groups is 2. The molecule has 0 aliphatic rings. The highest BCUT2D eigenvalue weighted by Gasteiger charge is 2.20. The first-order valence-corrected chi connectivity index (χ1v) is 7.15. The van der Waals surface area contributed by atoms with E-state index in [0.29, 0.717) is 6.54 Å². The summed E-state index contributed by atoms with van der Waals surface area (Å²) >= 11 is 4.90. The molecule has 2 N–H and O–H groups in total. The normalized spacial score (nSPS) is 10.4. The molecule has 0 aliphatic heterocycles. The zero-order valence-corrected chi connectivity index (χ0v) is 12.5. The Morgan fingerprint density at radius 3 is 2.53 bits per heavy atom. The molecular formula is C13H12BrNO3S. The molecule has 19 heavy (non-hydrogen) atoms. The second-order valence-electron chi connectivity index (χ2n) is 4.09. The lowest BCUT2D eigenvalue weighted by molar-refractivity contribution is 0.0779. The number of nitrogens with zero attached hydrogens (tertiary/aromatic N) is 1. The van der Waals surface area contributed by atoms with E-state index in [9.17, 15) is 15.0 Å². The van der Waals surface area contributed by atoms with Crippen LogP contribution in [0.2, 0.25) is 0 Å². The SMILES string of the molecule is CN(Cc1csc(Br)c1)C(=O)c1c(O)cccc1O. The quantitative estimate of drug-likeness (QED) is 0.901. The van der Waals surface area contributed by atoms with Crippen LogP contribution in [0.5, 0.6) is 11.5 Å². The fourth-order valence-corrected chi connectivity index (χ4v) is 2.91. The van der Waals surface area contributed by atoms with Crippen molar-refractivity contribution in [2.45, 2.75) is 6.54 Å². The summed E-state index contributed by atoms with van der Waals surface area (Å²) in [6.45, 7) is 0.411. The van der Waals surface area contributed by atoms with Crippen LogP contribution in [0.25, 0.3) is 0 Å². The second kappa shape index (κ2) is 5.63. The summed E-state index contributed by atoms with van der Waals surface area (Å²) in [5, 5.41) is 21.3. The summed E-state index contributed by atoms with van der Waals surface area (Å²) in [5.74, 6) is -0.857. The molecule has 0 saturated carbocycles. The van der Waals surface area contributed by atoms with E-state index in [1.165, 1.54) is 23.1 Å². The average Bonchev–Trinajstić information content (AvgIpc) is 2.74. The van der Waals surface area contributed by atoms with Gasteiger partial charge in [-0.2, -0.15) is 0 Å². The van der Waals surface area contributed by atoms with Gasteiger partial charge in [0, 0.05) is 13.6 Å². The molecular weight excluding hydrogens is 330 g/mol. The van der Waals surface area contributed by atoms with Gasteiger partial charge in [-0.05, 0) is 45.1 Å². The lowest BCUT2D eigenvalue weighted by Crippen LogP contribution is -2.26. The summed E-state index contributed by atoms with van der Waals surface area (Å²) < 4.78 is 0.994. The maximum Gasteiger partial charge on any atom is 0.261 e. The summed E-state index contributed by atoms with van der Waals surface area (Å²) in [4.78, 5) is 13.6. The molecule has 1 amide bonds. The van der Waals surface area contributed by atoms with E-state index in [2.05, 4.69) is 15.9 Å².